The van der Waals surface area contributed by atoms with E-state index >= 15 is 0 Å². The van der Waals surface area contributed by atoms with Gasteiger partial charge < -0.3 is 4.98 Å². The number of alkyl halides is 1. The summed E-state index contributed by atoms with van der Waals surface area (Å²) in [7, 11) is 0. The van der Waals surface area contributed by atoms with E-state index in [4.69, 9.17) is 0 Å². The standard InChI is InChI=1S/C12H14BrNS/c1-9(7-13)8-15-12-6-10-4-2-3-5-11(10)14-12/h2-6,9,14H,7-8H2,1H3. The van der Waals surface area contributed by atoms with Gasteiger partial charge in [0.2, 0.25) is 0 Å². The molecule has 0 saturated carbocycles. The van der Waals surface area contributed by atoms with Crippen molar-refractivity contribution in [1.29, 1.82) is 0 Å². The average Bonchev–Trinajstić information content (AvgIpc) is 2.68. The van der Waals surface area contributed by atoms with Crippen LogP contribution in [0.15, 0.2) is 35.4 Å². The predicted molar refractivity (Wildman–Crippen MR) is 72.0 cm³/mol. The Kier molecular flexibility index (Phi) is 3.76. The molecule has 1 aromatic carbocycles. The zero-order valence-electron chi connectivity index (χ0n) is 8.66. The maximum absolute atomic E-state index is 3.50. The minimum atomic E-state index is 0.710. The number of hydrogen-bond donors (Lipinski definition) is 1. The topological polar surface area (TPSA) is 15.8 Å². The van der Waals surface area contributed by atoms with E-state index < -0.39 is 0 Å². The maximum Gasteiger partial charge on any atom is 0.0732 e. The molecule has 3 heteroatoms. The largest absolute Gasteiger partial charge is 0.350 e. The molecular weight excluding hydrogens is 270 g/mol. The summed E-state index contributed by atoms with van der Waals surface area (Å²) in [6, 6.07) is 10.6. The molecule has 0 spiro atoms. The van der Waals surface area contributed by atoms with Crippen LogP contribution in [0.1, 0.15) is 6.92 Å². The highest BCUT2D eigenvalue weighted by Crippen LogP contribution is 2.24. The van der Waals surface area contributed by atoms with Gasteiger partial charge in [0.15, 0.2) is 0 Å². The molecule has 1 unspecified atom stereocenters. The van der Waals surface area contributed by atoms with Crippen molar-refractivity contribution in [2.45, 2.75) is 11.9 Å². The number of benzene rings is 1. The Labute approximate surface area is 103 Å². The highest BCUT2D eigenvalue weighted by atomic mass is 79.9. The molecule has 0 radical (unpaired) electrons. The zero-order valence-corrected chi connectivity index (χ0v) is 11.1. The normalized spacial score (nSPS) is 13.2. The average molecular weight is 284 g/mol. The van der Waals surface area contributed by atoms with Crippen LogP contribution in [0.2, 0.25) is 0 Å². The molecule has 15 heavy (non-hydrogen) atoms. The van der Waals surface area contributed by atoms with Crippen molar-refractivity contribution in [3.63, 3.8) is 0 Å². The van der Waals surface area contributed by atoms with Crippen molar-refractivity contribution < 1.29 is 0 Å². The lowest BCUT2D eigenvalue weighted by Gasteiger charge is -2.04. The van der Waals surface area contributed by atoms with Gasteiger partial charge in [-0.1, -0.05) is 41.1 Å². The first-order valence-corrected chi connectivity index (χ1v) is 7.17. The monoisotopic (exact) mass is 283 g/mol. The van der Waals surface area contributed by atoms with E-state index in [1.54, 1.807) is 0 Å². The molecule has 1 N–H and O–H groups in total. The molecule has 1 aromatic heterocycles. The summed E-state index contributed by atoms with van der Waals surface area (Å²) >= 11 is 5.39. The lowest BCUT2D eigenvalue weighted by Crippen LogP contribution is -1.98. The van der Waals surface area contributed by atoms with Gasteiger partial charge in [0.05, 0.1) is 5.03 Å². The Morgan fingerprint density at radius 1 is 1.40 bits per heavy atom. The van der Waals surface area contributed by atoms with Gasteiger partial charge in [0.1, 0.15) is 0 Å². The van der Waals surface area contributed by atoms with Crippen molar-refractivity contribution in [1.82, 2.24) is 4.98 Å². The second-order valence-corrected chi connectivity index (χ2v) is 5.50. The summed E-state index contributed by atoms with van der Waals surface area (Å²) < 4.78 is 0. The fourth-order valence-electron chi connectivity index (χ4n) is 1.40. The number of fused-ring (bicyclic) bond motifs is 1. The van der Waals surface area contributed by atoms with Crippen LogP contribution in [0.3, 0.4) is 0 Å². The second-order valence-electron chi connectivity index (χ2n) is 3.79. The van der Waals surface area contributed by atoms with Crippen LogP contribution in [-0.4, -0.2) is 16.1 Å². The summed E-state index contributed by atoms with van der Waals surface area (Å²) in [5, 5.41) is 3.63. The number of halogens is 1. The Hall–Kier alpha value is -0.410. The van der Waals surface area contributed by atoms with Crippen molar-refractivity contribution in [3.8, 4) is 0 Å². The molecule has 2 rings (SSSR count). The van der Waals surface area contributed by atoms with Crippen LogP contribution in [0.4, 0.5) is 0 Å². The number of nitrogens with one attached hydrogen (secondary N) is 1. The van der Waals surface area contributed by atoms with Gasteiger partial charge >= 0.3 is 0 Å². The van der Waals surface area contributed by atoms with Gasteiger partial charge in [-0.2, -0.15) is 0 Å². The van der Waals surface area contributed by atoms with E-state index in [9.17, 15) is 0 Å². The van der Waals surface area contributed by atoms with E-state index in [1.807, 2.05) is 11.8 Å². The van der Waals surface area contributed by atoms with Crippen LogP contribution < -0.4 is 0 Å². The fraction of sp³-hybridized carbons (Fsp3) is 0.333. The number of hydrogen-bond acceptors (Lipinski definition) is 1. The first-order chi connectivity index (χ1) is 7.29. The Morgan fingerprint density at radius 3 is 2.93 bits per heavy atom. The smallest absolute Gasteiger partial charge is 0.0732 e. The number of H-pyrrole nitrogens is 1. The Balaban J connectivity index is 2.09. The first-order valence-electron chi connectivity index (χ1n) is 5.06. The quantitative estimate of drug-likeness (QED) is 0.654. The van der Waals surface area contributed by atoms with Gasteiger partial charge in [-0.05, 0) is 18.1 Å². The Morgan fingerprint density at radius 2 is 2.20 bits per heavy atom. The molecule has 1 heterocycles. The lowest BCUT2D eigenvalue weighted by atomic mass is 10.3. The van der Waals surface area contributed by atoms with Gasteiger partial charge in [-0.15, -0.1) is 11.8 Å². The molecule has 1 atom stereocenters. The van der Waals surface area contributed by atoms with E-state index in [0.29, 0.717) is 5.92 Å². The van der Waals surface area contributed by atoms with Crippen molar-refractivity contribution in [2.24, 2.45) is 5.92 Å². The van der Waals surface area contributed by atoms with Gasteiger partial charge in [-0.3, -0.25) is 0 Å². The van der Waals surface area contributed by atoms with Crippen LogP contribution in [-0.2, 0) is 0 Å². The van der Waals surface area contributed by atoms with Crippen LogP contribution in [0, 0.1) is 5.92 Å². The Bertz CT molecular complexity index is 405. The molecule has 80 valence electrons. The maximum atomic E-state index is 3.50. The van der Waals surface area contributed by atoms with Crippen molar-refractivity contribution >= 4 is 38.6 Å². The van der Waals surface area contributed by atoms with Crippen LogP contribution >= 0.6 is 27.7 Å². The number of rotatable bonds is 4. The predicted octanol–water partition coefficient (Wildman–Crippen LogP) is 4.29. The van der Waals surface area contributed by atoms with Crippen LogP contribution in [0.25, 0.3) is 10.9 Å². The molecule has 0 fully saturated rings. The summed E-state index contributed by atoms with van der Waals surface area (Å²) in [5.74, 6) is 1.86. The number of aromatic amines is 1. The van der Waals surface area contributed by atoms with Crippen LogP contribution in [0.5, 0.6) is 0 Å². The minimum Gasteiger partial charge on any atom is -0.350 e. The fourth-order valence-corrected chi connectivity index (χ4v) is 2.91. The van der Waals surface area contributed by atoms with E-state index in [-0.39, 0.29) is 0 Å². The molecule has 0 amide bonds. The summed E-state index contributed by atoms with van der Waals surface area (Å²) in [4.78, 5) is 3.42. The number of thioether (sulfide) groups is 1. The molecule has 0 aliphatic carbocycles. The van der Waals surface area contributed by atoms with E-state index in [0.717, 1.165) is 11.1 Å². The highest BCUT2D eigenvalue weighted by molar-refractivity contribution is 9.09. The number of aromatic nitrogens is 1. The first kappa shape index (κ1) is 11.1. The van der Waals surface area contributed by atoms with Gasteiger partial charge in [0, 0.05) is 22.0 Å². The molecule has 0 bridgehead atoms. The zero-order chi connectivity index (χ0) is 10.7. The summed E-state index contributed by atoms with van der Waals surface area (Å²) in [6.45, 7) is 2.25. The van der Waals surface area contributed by atoms with E-state index in [2.05, 4.69) is 58.2 Å². The second kappa shape index (κ2) is 5.08. The molecule has 1 nitrogen and oxygen atoms in total. The molecule has 0 saturated heterocycles. The van der Waals surface area contributed by atoms with Gasteiger partial charge in [0.25, 0.3) is 0 Å². The number of para-hydroxylation sites is 1. The molecule has 0 aliphatic rings. The lowest BCUT2D eigenvalue weighted by molar-refractivity contribution is 0.769. The minimum absolute atomic E-state index is 0.710. The molecular formula is C12H14BrNS. The third-order valence-corrected chi connectivity index (χ3v) is 4.66. The van der Waals surface area contributed by atoms with E-state index in [1.165, 1.54) is 15.9 Å². The third-order valence-electron chi connectivity index (χ3n) is 2.29. The SMILES string of the molecule is CC(CBr)CSc1cc2ccccc2[nH]1. The summed E-state index contributed by atoms with van der Waals surface area (Å²) in [5.41, 5.74) is 1.23. The van der Waals surface area contributed by atoms with Crippen molar-refractivity contribution in [2.75, 3.05) is 11.1 Å². The summed E-state index contributed by atoms with van der Waals surface area (Å²) in [6.07, 6.45) is 0. The highest BCUT2D eigenvalue weighted by Gasteiger charge is 2.03. The third kappa shape index (κ3) is 2.79. The molecule has 2 aromatic rings. The van der Waals surface area contributed by atoms with Gasteiger partial charge in [-0.25, -0.2) is 0 Å². The molecule has 0 aliphatic heterocycles. The van der Waals surface area contributed by atoms with Crippen molar-refractivity contribution in [3.05, 3.63) is 30.3 Å².